The number of hydrogen-bond acceptors (Lipinski definition) is 18. The highest BCUT2D eigenvalue weighted by atomic mass is 79.9. The summed E-state index contributed by atoms with van der Waals surface area (Å²) >= 11 is 13.4. The highest BCUT2D eigenvalue weighted by Crippen LogP contribution is 2.37. The number of carbonyl (C=O) groups is 7. The molecule has 0 aromatic heterocycles. The minimum Gasteiger partial charge on any atom is -0.463 e. The van der Waals surface area contributed by atoms with Crippen LogP contribution in [0.15, 0.2) is 115 Å². The molecule has 0 unspecified atom stereocenters. The first-order chi connectivity index (χ1) is 32.9. The highest BCUT2D eigenvalue weighted by molar-refractivity contribution is 9.11. The predicted molar refractivity (Wildman–Crippen MR) is 251 cm³/mol. The number of halogens is 4. The van der Waals surface area contributed by atoms with Crippen molar-refractivity contribution >= 4 is 106 Å². The predicted octanol–water partition coefficient (Wildman–Crippen LogP) is 7.48. The fourth-order valence-electron chi connectivity index (χ4n) is 7.04. The van der Waals surface area contributed by atoms with Crippen LogP contribution in [0, 0.1) is 0 Å². The van der Waals surface area contributed by atoms with Crippen LogP contribution in [0.4, 0.5) is 0 Å². The summed E-state index contributed by atoms with van der Waals surface area (Å²) in [5, 5.41) is 0. The van der Waals surface area contributed by atoms with Crippen LogP contribution in [0.25, 0.3) is 0 Å². The fourth-order valence-corrected chi connectivity index (χ4v) is 8.10. The van der Waals surface area contributed by atoms with Gasteiger partial charge in [-0.25, -0.2) is 19.2 Å². The third-order valence-corrected chi connectivity index (χ3v) is 12.3. The molecule has 6 rings (SSSR count). The van der Waals surface area contributed by atoms with Crippen LogP contribution < -0.4 is 0 Å². The third-order valence-electron chi connectivity index (χ3n) is 10.2. The summed E-state index contributed by atoms with van der Waals surface area (Å²) in [6.07, 6.45) is -16.8. The lowest BCUT2D eigenvalue weighted by Gasteiger charge is -2.48. The summed E-state index contributed by atoms with van der Waals surface area (Å²) in [7, 11) is 1.21. The normalized spacial score (nSPS) is 24.2. The van der Waals surface area contributed by atoms with E-state index in [2.05, 4.69) is 63.7 Å². The molecule has 0 bridgehead atoms. The monoisotopic (exact) mass is 1210 g/mol. The van der Waals surface area contributed by atoms with E-state index in [1.54, 1.807) is 48.5 Å². The summed E-state index contributed by atoms with van der Waals surface area (Å²) in [6, 6.07) is 24.3. The van der Waals surface area contributed by atoms with Gasteiger partial charge in [-0.15, -0.1) is 0 Å². The Bertz CT molecular complexity index is 2470. The smallest absolute Gasteiger partial charge is 0.338 e. The number of rotatable bonds is 16. The van der Waals surface area contributed by atoms with Crippen LogP contribution in [0.2, 0.25) is 0 Å². The first-order valence-corrected chi connectivity index (χ1v) is 23.9. The van der Waals surface area contributed by atoms with Crippen LogP contribution in [0.1, 0.15) is 62.2 Å². The number of benzene rings is 4. The summed E-state index contributed by atoms with van der Waals surface area (Å²) in [4.78, 5) is 93.5. The summed E-state index contributed by atoms with van der Waals surface area (Å²) in [5.41, 5.74) is 0.168. The molecule has 10 atom stereocenters. The van der Waals surface area contributed by atoms with E-state index in [1.807, 2.05) is 0 Å². The lowest BCUT2D eigenvalue weighted by atomic mass is 9.96. The molecule has 0 saturated carbocycles. The second-order valence-electron chi connectivity index (χ2n) is 15.1. The Morgan fingerprint density at radius 3 is 1.14 bits per heavy atom. The van der Waals surface area contributed by atoms with E-state index in [0.717, 1.165) is 20.8 Å². The van der Waals surface area contributed by atoms with E-state index < -0.39 is 116 Å². The second kappa shape index (κ2) is 24.7. The van der Waals surface area contributed by atoms with Crippen molar-refractivity contribution in [1.29, 1.82) is 0 Å². The molecule has 0 aliphatic carbocycles. The molecular formula is C47H42Br4O18. The molecule has 366 valence electrons. The van der Waals surface area contributed by atoms with E-state index in [1.165, 1.54) is 55.6 Å². The molecule has 4 aromatic rings. The SMILES string of the molecule is CO[C@H]1O[C@H](COC(C)=O)[C@@H](OC(C)=O)[C@H](OC(C)=O)[C@H]1O[C@@H]1O[C@H](COC(=O)c2ccc(Br)cc2)[C@@H](OC(=O)c2ccc(Br)cc2)[C@H](OC(=O)c2ccc(Br)cc2)[C@H]1OC(=O)c1ccc(Br)cc1. The Morgan fingerprint density at radius 1 is 0.406 bits per heavy atom. The third kappa shape index (κ3) is 14.5. The maximum Gasteiger partial charge on any atom is 0.338 e. The molecule has 69 heavy (non-hydrogen) atoms. The Balaban J connectivity index is 1.51. The Kier molecular flexibility index (Phi) is 19.0. The van der Waals surface area contributed by atoms with Gasteiger partial charge in [-0.3, -0.25) is 14.4 Å². The van der Waals surface area contributed by atoms with Crippen LogP contribution in [0.3, 0.4) is 0 Å². The topological polar surface area (TPSA) is 221 Å². The molecule has 2 aliphatic heterocycles. The maximum absolute atomic E-state index is 14.3. The van der Waals surface area contributed by atoms with Crippen molar-refractivity contribution < 1.29 is 85.7 Å². The molecule has 2 saturated heterocycles. The zero-order chi connectivity index (χ0) is 49.9. The van der Waals surface area contributed by atoms with Crippen LogP contribution in [0.5, 0.6) is 0 Å². The van der Waals surface area contributed by atoms with Gasteiger partial charge in [-0.1, -0.05) is 63.7 Å². The zero-order valence-corrected chi connectivity index (χ0v) is 43.1. The van der Waals surface area contributed by atoms with E-state index in [9.17, 15) is 33.6 Å². The van der Waals surface area contributed by atoms with Gasteiger partial charge in [0, 0.05) is 45.8 Å². The van der Waals surface area contributed by atoms with Crippen molar-refractivity contribution in [3.63, 3.8) is 0 Å². The number of ether oxygens (including phenoxy) is 11. The van der Waals surface area contributed by atoms with Gasteiger partial charge in [0.25, 0.3) is 0 Å². The van der Waals surface area contributed by atoms with E-state index in [-0.39, 0.29) is 22.3 Å². The van der Waals surface area contributed by atoms with Crippen molar-refractivity contribution in [3.05, 3.63) is 137 Å². The summed E-state index contributed by atoms with van der Waals surface area (Å²) in [6.45, 7) is 2.07. The Morgan fingerprint density at radius 2 is 0.739 bits per heavy atom. The highest BCUT2D eigenvalue weighted by Gasteiger charge is 2.58. The maximum atomic E-state index is 14.3. The number of methoxy groups -OCH3 is 1. The average molecular weight is 1210 g/mol. The molecule has 22 heteroatoms. The van der Waals surface area contributed by atoms with E-state index in [0.29, 0.717) is 17.9 Å². The Labute approximate surface area is 428 Å². The zero-order valence-electron chi connectivity index (χ0n) is 36.8. The van der Waals surface area contributed by atoms with Crippen LogP contribution in [-0.2, 0) is 66.5 Å². The molecule has 2 fully saturated rings. The fraction of sp³-hybridized carbons (Fsp3) is 0.340. The lowest BCUT2D eigenvalue weighted by molar-refractivity contribution is -0.363. The van der Waals surface area contributed by atoms with E-state index in [4.69, 9.17) is 52.1 Å². The standard InChI is InChI=1S/C47H42Br4O18/c1-23(52)60-21-34-36(62-24(2)53)38(63-25(3)54)40(46(59-4)64-34)69-47-41(68-45(58)29-11-19-33(51)20-12-29)39(67-44(57)28-9-17-32(50)18-10-28)37(66-43(56)27-7-15-31(49)16-8-27)35(65-47)22-61-42(55)26-5-13-30(48)14-6-26/h5-20,34-41,46-47H,21-22H2,1-4H3/t34-,35-,36-,37-,38+,39+,40-,41-,46+,47+/m1/s1. The van der Waals surface area contributed by atoms with Gasteiger partial charge in [0.15, 0.2) is 49.2 Å². The molecule has 18 nitrogen and oxygen atoms in total. The average Bonchev–Trinajstić information content (AvgIpc) is 3.31. The lowest BCUT2D eigenvalue weighted by Crippen LogP contribution is -2.67. The largest absolute Gasteiger partial charge is 0.463 e. The van der Waals surface area contributed by atoms with Gasteiger partial charge in [0.1, 0.15) is 25.4 Å². The minimum absolute atomic E-state index is 0.000636. The Hall–Kier alpha value is -5.07. The first kappa shape index (κ1) is 53.3. The van der Waals surface area contributed by atoms with Gasteiger partial charge >= 0.3 is 41.8 Å². The molecule has 0 spiro atoms. The summed E-state index contributed by atoms with van der Waals surface area (Å²) < 4.78 is 68.3. The van der Waals surface area contributed by atoms with Crippen molar-refractivity contribution in [2.75, 3.05) is 20.3 Å². The quantitative estimate of drug-likeness (QED) is 0.0784. The molecule has 4 aromatic carbocycles. The van der Waals surface area contributed by atoms with E-state index >= 15 is 0 Å². The van der Waals surface area contributed by atoms with Gasteiger partial charge in [-0.2, -0.15) is 0 Å². The van der Waals surface area contributed by atoms with Crippen molar-refractivity contribution in [1.82, 2.24) is 0 Å². The molecule has 0 amide bonds. The molecule has 0 radical (unpaired) electrons. The van der Waals surface area contributed by atoms with Crippen molar-refractivity contribution in [2.24, 2.45) is 0 Å². The minimum atomic E-state index is -1.96. The van der Waals surface area contributed by atoms with Crippen LogP contribution in [-0.4, -0.2) is 124 Å². The molecule has 2 aliphatic rings. The number of carbonyl (C=O) groups excluding carboxylic acids is 7. The van der Waals surface area contributed by atoms with Gasteiger partial charge in [0.05, 0.1) is 22.3 Å². The molecule has 2 heterocycles. The number of esters is 7. The summed E-state index contributed by atoms with van der Waals surface area (Å²) in [5.74, 6) is -6.27. The van der Waals surface area contributed by atoms with Crippen molar-refractivity contribution in [3.8, 4) is 0 Å². The molecule has 0 N–H and O–H groups in total. The van der Waals surface area contributed by atoms with Gasteiger partial charge < -0.3 is 52.1 Å². The van der Waals surface area contributed by atoms with Gasteiger partial charge in [-0.05, 0) is 97.1 Å². The molecular weight excluding hydrogens is 1170 g/mol. The number of hydrogen-bond donors (Lipinski definition) is 0. The van der Waals surface area contributed by atoms with Crippen molar-refractivity contribution in [2.45, 2.75) is 82.2 Å². The second-order valence-corrected chi connectivity index (χ2v) is 18.8. The van der Waals surface area contributed by atoms with Gasteiger partial charge in [0.2, 0.25) is 0 Å². The first-order valence-electron chi connectivity index (χ1n) is 20.7. The van der Waals surface area contributed by atoms with Crippen LogP contribution >= 0.6 is 63.7 Å².